The zero-order valence-electron chi connectivity index (χ0n) is 48.9. The molecular weight excluding hydrogens is 901 g/mol. The average molecular weight is 1020 g/mol. The minimum atomic E-state index is -0.774. The Bertz CT molecular complexity index is 1270. The number of hydrogen-bond donors (Lipinski definition) is 0. The maximum absolute atomic E-state index is 12.9. The third kappa shape index (κ3) is 60.1. The molecule has 0 bridgehead atoms. The summed E-state index contributed by atoms with van der Waals surface area (Å²) in [5.41, 5.74) is 0. The summed E-state index contributed by atoms with van der Waals surface area (Å²) in [7, 11) is 0. The Labute approximate surface area is 454 Å². The maximum Gasteiger partial charge on any atom is 0.306 e. The Morgan fingerprint density at radius 1 is 0.274 bits per heavy atom. The quantitative estimate of drug-likeness (QED) is 0.0261. The number of rotatable bonds is 59. The molecule has 0 amide bonds. The molecule has 0 aromatic rings. The Balaban J connectivity index is 4.12. The van der Waals surface area contributed by atoms with Crippen molar-refractivity contribution in [2.45, 2.75) is 348 Å². The van der Waals surface area contributed by atoms with Crippen molar-refractivity contribution in [1.29, 1.82) is 0 Å². The van der Waals surface area contributed by atoms with Gasteiger partial charge in [0.05, 0.1) is 0 Å². The first-order chi connectivity index (χ1) is 36.0. The molecule has 0 aromatic carbocycles. The van der Waals surface area contributed by atoms with Gasteiger partial charge in [0.25, 0.3) is 0 Å². The van der Waals surface area contributed by atoms with E-state index in [1.54, 1.807) is 0 Å². The van der Waals surface area contributed by atoms with Crippen molar-refractivity contribution < 1.29 is 28.6 Å². The van der Waals surface area contributed by atoms with E-state index in [4.69, 9.17) is 14.2 Å². The number of hydrogen-bond acceptors (Lipinski definition) is 6. The summed E-state index contributed by atoms with van der Waals surface area (Å²) in [5.74, 6) is -0.870. The molecule has 0 aromatic heterocycles. The number of unbranched alkanes of at least 4 members (excludes halogenated alkanes) is 40. The fraction of sp³-hybridized carbons (Fsp3) is 0.836. The number of ether oxygens (including phenoxy) is 3. The van der Waals surface area contributed by atoms with E-state index in [1.807, 2.05) is 0 Å². The zero-order chi connectivity index (χ0) is 52.9. The molecule has 426 valence electrons. The highest BCUT2D eigenvalue weighted by molar-refractivity contribution is 5.71. The van der Waals surface area contributed by atoms with Crippen LogP contribution in [0.5, 0.6) is 0 Å². The summed E-state index contributed by atoms with van der Waals surface area (Å²) < 4.78 is 16.8. The van der Waals surface area contributed by atoms with Gasteiger partial charge in [-0.2, -0.15) is 0 Å². The molecule has 0 saturated carbocycles. The van der Waals surface area contributed by atoms with Gasteiger partial charge in [-0.15, -0.1) is 0 Å². The fourth-order valence-corrected chi connectivity index (χ4v) is 9.45. The van der Waals surface area contributed by atoms with Crippen LogP contribution in [0.25, 0.3) is 0 Å². The van der Waals surface area contributed by atoms with Gasteiger partial charge in [0.15, 0.2) is 6.10 Å². The molecule has 0 radical (unpaired) electrons. The smallest absolute Gasteiger partial charge is 0.306 e. The summed E-state index contributed by atoms with van der Waals surface area (Å²) in [4.78, 5) is 38.1. The van der Waals surface area contributed by atoms with Gasteiger partial charge in [-0.3, -0.25) is 14.4 Å². The van der Waals surface area contributed by atoms with Gasteiger partial charge in [-0.25, -0.2) is 0 Å². The number of esters is 3. The SMILES string of the molecule is CCCCCCC/C=C\C/C=C\C/C=C\CCCCCCCCCCC(=O)OC(COC(=O)CCCCCCCCC)COC(=O)CCCCCCCCCCCCCCC/C=C\CCCCCCCCCC. The van der Waals surface area contributed by atoms with Crippen LogP contribution in [0.15, 0.2) is 48.6 Å². The first-order valence-corrected chi connectivity index (χ1v) is 32.1. The Hall–Kier alpha value is -2.63. The van der Waals surface area contributed by atoms with Crippen LogP contribution in [0, 0.1) is 0 Å². The zero-order valence-corrected chi connectivity index (χ0v) is 48.9. The first-order valence-electron chi connectivity index (χ1n) is 32.1. The van der Waals surface area contributed by atoms with Crippen molar-refractivity contribution >= 4 is 17.9 Å². The molecule has 0 spiro atoms. The molecule has 6 nitrogen and oxygen atoms in total. The minimum Gasteiger partial charge on any atom is -0.462 e. The highest BCUT2D eigenvalue weighted by Crippen LogP contribution is 2.17. The number of allylic oxidation sites excluding steroid dienone is 8. The van der Waals surface area contributed by atoms with Crippen molar-refractivity contribution in [2.75, 3.05) is 13.2 Å². The second kappa shape index (κ2) is 61.9. The van der Waals surface area contributed by atoms with Gasteiger partial charge in [0.1, 0.15) is 13.2 Å². The van der Waals surface area contributed by atoms with Crippen LogP contribution >= 0.6 is 0 Å². The van der Waals surface area contributed by atoms with Crippen LogP contribution in [0.2, 0.25) is 0 Å². The highest BCUT2D eigenvalue weighted by atomic mass is 16.6. The molecule has 0 N–H and O–H groups in total. The summed E-state index contributed by atoms with van der Waals surface area (Å²) >= 11 is 0. The maximum atomic E-state index is 12.9. The minimum absolute atomic E-state index is 0.0733. The Kier molecular flexibility index (Phi) is 59.7. The van der Waals surface area contributed by atoms with Gasteiger partial charge in [-0.1, -0.05) is 288 Å². The Morgan fingerprint density at radius 2 is 0.493 bits per heavy atom. The molecule has 1 atom stereocenters. The second-order valence-electron chi connectivity index (χ2n) is 21.7. The van der Waals surface area contributed by atoms with E-state index in [-0.39, 0.29) is 31.1 Å². The van der Waals surface area contributed by atoms with E-state index in [1.165, 1.54) is 225 Å². The summed E-state index contributed by atoms with van der Waals surface area (Å²) in [5, 5.41) is 0. The van der Waals surface area contributed by atoms with Crippen LogP contribution in [-0.2, 0) is 28.6 Å². The third-order valence-electron chi connectivity index (χ3n) is 14.3. The molecule has 6 heteroatoms. The topological polar surface area (TPSA) is 78.9 Å². The number of carbonyl (C=O) groups is 3. The second-order valence-corrected chi connectivity index (χ2v) is 21.7. The van der Waals surface area contributed by atoms with Crippen LogP contribution < -0.4 is 0 Å². The largest absolute Gasteiger partial charge is 0.462 e. The lowest BCUT2D eigenvalue weighted by Crippen LogP contribution is -2.30. The van der Waals surface area contributed by atoms with Gasteiger partial charge < -0.3 is 14.2 Å². The van der Waals surface area contributed by atoms with E-state index in [9.17, 15) is 14.4 Å². The van der Waals surface area contributed by atoms with Crippen molar-refractivity contribution in [3.8, 4) is 0 Å². The monoisotopic (exact) mass is 1020 g/mol. The molecule has 1 unspecified atom stereocenters. The van der Waals surface area contributed by atoms with Crippen molar-refractivity contribution in [1.82, 2.24) is 0 Å². The molecule has 0 aliphatic heterocycles. The van der Waals surface area contributed by atoms with Gasteiger partial charge in [-0.05, 0) is 83.5 Å². The first kappa shape index (κ1) is 70.4. The summed E-state index contributed by atoms with van der Waals surface area (Å²) in [6.45, 7) is 6.62. The lowest BCUT2D eigenvalue weighted by molar-refractivity contribution is -0.167. The molecule has 0 fully saturated rings. The lowest BCUT2D eigenvalue weighted by Gasteiger charge is -2.18. The third-order valence-corrected chi connectivity index (χ3v) is 14.3. The van der Waals surface area contributed by atoms with Crippen molar-refractivity contribution in [3.63, 3.8) is 0 Å². The van der Waals surface area contributed by atoms with E-state index in [0.717, 1.165) is 77.0 Å². The van der Waals surface area contributed by atoms with Crippen LogP contribution in [0.1, 0.15) is 342 Å². The molecule has 73 heavy (non-hydrogen) atoms. The van der Waals surface area contributed by atoms with Crippen molar-refractivity contribution in [2.24, 2.45) is 0 Å². The average Bonchev–Trinajstić information content (AvgIpc) is 3.39. The van der Waals surface area contributed by atoms with E-state index in [0.29, 0.717) is 19.3 Å². The van der Waals surface area contributed by atoms with Crippen LogP contribution in [0.3, 0.4) is 0 Å². The predicted molar refractivity (Wildman–Crippen MR) is 316 cm³/mol. The Morgan fingerprint density at radius 3 is 0.781 bits per heavy atom. The highest BCUT2D eigenvalue weighted by Gasteiger charge is 2.19. The van der Waals surface area contributed by atoms with E-state index >= 15 is 0 Å². The summed E-state index contributed by atoms with van der Waals surface area (Å²) in [6.07, 6.45) is 77.2. The van der Waals surface area contributed by atoms with Gasteiger partial charge in [0.2, 0.25) is 0 Å². The van der Waals surface area contributed by atoms with Crippen LogP contribution in [-0.4, -0.2) is 37.2 Å². The molecule has 0 heterocycles. The van der Waals surface area contributed by atoms with Crippen LogP contribution in [0.4, 0.5) is 0 Å². The molecule has 0 saturated heterocycles. The number of carbonyl (C=O) groups excluding carboxylic acids is 3. The van der Waals surface area contributed by atoms with Gasteiger partial charge in [0, 0.05) is 19.3 Å². The standard InChI is InChI=1S/C67H122O6/c1-4-7-10-13-16-18-20-22-24-26-28-30-32-33-35-36-38-40-42-44-46-48-51-54-57-60-66(69)72-63-64(62-71-65(68)59-56-53-50-15-12-9-6-3)73-67(70)61-58-55-52-49-47-45-43-41-39-37-34-31-29-27-25-23-21-19-17-14-11-8-5-2/h21,23,26-29,34,37,64H,4-20,22,24-25,30-33,35-36,38-63H2,1-3H3/b23-21-,28-26-,29-27-,37-34-. The summed E-state index contributed by atoms with van der Waals surface area (Å²) in [6, 6.07) is 0. The lowest BCUT2D eigenvalue weighted by atomic mass is 10.0. The molecular formula is C67H122O6. The molecule has 0 aliphatic carbocycles. The molecule has 0 rings (SSSR count). The predicted octanol–water partition coefficient (Wildman–Crippen LogP) is 21.8. The van der Waals surface area contributed by atoms with E-state index < -0.39 is 6.10 Å². The van der Waals surface area contributed by atoms with Gasteiger partial charge >= 0.3 is 17.9 Å². The fourth-order valence-electron chi connectivity index (χ4n) is 9.45. The van der Waals surface area contributed by atoms with E-state index in [2.05, 4.69) is 69.4 Å². The molecule has 0 aliphatic rings. The van der Waals surface area contributed by atoms with Crippen molar-refractivity contribution in [3.05, 3.63) is 48.6 Å². The normalized spacial score (nSPS) is 12.3.